The summed E-state index contributed by atoms with van der Waals surface area (Å²) in [4.78, 5) is 35.9. The van der Waals surface area contributed by atoms with Gasteiger partial charge in [0.15, 0.2) is 0 Å². The van der Waals surface area contributed by atoms with Gasteiger partial charge in [-0.15, -0.1) is 0 Å². The molecule has 8 heteroatoms. The van der Waals surface area contributed by atoms with Gasteiger partial charge in [-0.05, 0) is 50.9 Å². The summed E-state index contributed by atoms with van der Waals surface area (Å²) in [5.74, 6) is -0.776. The average Bonchev–Trinajstić information content (AvgIpc) is 2.61. The van der Waals surface area contributed by atoms with Crippen LogP contribution in [-0.4, -0.2) is 30.4 Å². The van der Waals surface area contributed by atoms with Crippen LogP contribution >= 0.6 is 0 Å². The van der Waals surface area contributed by atoms with Crippen molar-refractivity contribution in [3.8, 4) is 0 Å². The van der Waals surface area contributed by atoms with Gasteiger partial charge in [0, 0.05) is 23.2 Å². The van der Waals surface area contributed by atoms with E-state index in [1.807, 2.05) is 6.92 Å². The van der Waals surface area contributed by atoms with Crippen LogP contribution in [0.5, 0.6) is 0 Å². The number of carbonyl (C=O) groups excluding carboxylic acids is 2. The molecule has 0 aliphatic heterocycles. The van der Waals surface area contributed by atoms with Gasteiger partial charge in [-0.1, -0.05) is 6.42 Å². The van der Waals surface area contributed by atoms with E-state index in [9.17, 15) is 14.4 Å². The van der Waals surface area contributed by atoms with Crippen molar-refractivity contribution < 1.29 is 14.0 Å². The van der Waals surface area contributed by atoms with Gasteiger partial charge < -0.3 is 26.5 Å². The SMILES string of the molecule is Cc1cc(=O)oc2cc(NC(=O)[C@H](C)NC(=O)[C@H](N)CCCCN)ccc12. The molecule has 1 aromatic carbocycles. The predicted molar refractivity (Wildman–Crippen MR) is 104 cm³/mol. The maximum absolute atomic E-state index is 12.3. The van der Waals surface area contributed by atoms with E-state index in [1.54, 1.807) is 25.1 Å². The summed E-state index contributed by atoms with van der Waals surface area (Å²) in [7, 11) is 0. The molecule has 0 aliphatic carbocycles. The normalized spacial score (nSPS) is 13.2. The van der Waals surface area contributed by atoms with Crippen LogP contribution < -0.4 is 27.7 Å². The van der Waals surface area contributed by atoms with Crippen LogP contribution in [0.3, 0.4) is 0 Å². The molecule has 0 fully saturated rings. The third-order valence-corrected chi connectivity index (χ3v) is 4.28. The second-order valence-corrected chi connectivity index (χ2v) is 6.57. The van der Waals surface area contributed by atoms with Crippen LogP contribution in [0, 0.1) is 6.92 Å². The fourth-order valence-electron chi connectivity index (χ4n) is 2.68. The molecule has 8 nitrogen and oxygen atoms in total. The molecule has 0 saturated heterocycles. The molecular weight excluding hydrogens is 348 g/mol. The lowest BCUT2D eigenvalue weighted by molar-refractivity contribution is -0.127. The highest BCUT2D eigenvalue weighted by Crippen LogP contribution is 2.20. The van der Waals surface area contributed by atoms with Crippen molar-refractivity contribution in [3.63, 3.8) is 0 Å². The maximum Gasteiger partial charge on any atom is 0.336 e. The molecule has 0 unspecified atom stereocenters. The Morgan fingerprint density at radius 1 is 1.19 bits per heavy atom. The Bertz CT molecular complexity index is 878. The predicted octanol–water partition coefficient (Wildman–Crippen LogP) is 1.00. The van der Waals surface area contributed by atoms with E-state index in [0.29, 0.717) is 24.2 Å². The quantitative estimate of drug-likeness (QED) is 0.401. The summed E-state index contributed by atoms with van der Waals surface area (Å²) in [6.45, 7) is 3.94. The van der Waals surface area contributed by atoms with Crippen LogP contribution in [0.25, 0.3) is 11.0 Å². The molecule has 27 heavy (non-hydrogen) atoms. The lowest BCUT2D eigenvalue weighted by atomic mass is 10.1. The second kappa shape index (κ2) is 9.29. The number of hydrogen-bond donors (Lipinski definition) is 4. The van der Waals surface area contributed by atoms with Crippen molar-refractivity contribution in [1.82, 2.24) is 5.32 Å². The van der Waals surface area contributed by atoms with E-state index >= 15 is 0 Å². The van der Waals surface area contributed by atoms with Crippen molar-refractivity contribution in [2.45, 2.75) is 45.2 Å². The number of unbranched alkanes of at least 4 members (excludes halogenated alkanes) is 1. The third kappa shape index (κ3) is 5.63. The van der Waals surface area contributed by atoms with Gasteiger partial charge in [-0.25, -0.2) is 4.79 Å². The number of nitrogens with two attached hydrogens (primary N) is 2. The van der Waals surface area contributed by atoms with Gasteiger partial charge in [0.1, 0.15) is 11.6 Å². The Balaban J connectivity index is 1.98. The van der Waals surface area contributed by atoms with Crippen LogP contribution in [-0.2, 0) is 9.59 Å². The molecule has 0 spiro atoms. The lowest BCUT2D eigenvalue weighted by Gasteiger charge is -2.17. The molecule has 0 saturated carbocycles. The van der Waals surface area contributed by atoms with Crippen molar-refractivity contribution in [2.24, 2.45) is 11.5 Å². The topological polar surface area (TPSA) is 140 Å². The molecular formula is C19H26N4O4. The first-order valence-corrected chi connectivity index (χ1v) is 8.93. The Morgan fingerprint density at radius 2 is 1.93 bits per heavy atom. The van der Waals surface area contributed by atoms with Gasteiger partial charge in [0.25, 0.3) is 0 Å². The molecule has 2 aromatic rings. The summed E-state index contributed by atoms with van der Waals surface area (Å²) in [5.41, 5.74) is 12.4. The monoisotopic (exact) mass is 374 g/mol. The molecule has 0 bridgehead atoms. The zero-order valence-corrected chi connectivity index (χ0v) is 15.6. The summed E-state index contributed by atoms with van der Waals surface area (Å²) in [5, 5.41) is 6.09. The largest absolute Gasteiger partial charge is 0.423 e. The summed E-state index contributed by atoms with van der Waals surface area (Å²) in [6.07, 6.45) is 2.07. The van der Waals surface area contributed by atoms with Crippen molar-refractivity contribution >= 4 is 28.5 Å². The highest BCUT2D eigenvalue weighted by Gasteiger charge is 2.20. The molecule has 2 atom stereocenters. The van der Waals surface area contributed by atoms with E-state index < -0.39 is 23.6 Å². The van der Waals surface area contributed by atoms with Gasteiger partial charge in [0.05, 0.1) is 6.04 Å². The minimum atomic E-state index is -0.765. The minimum Gasteiger partial charge on any atom is -0.423 e. The summed E-state index contributed by atoms with van der Waals surface area (Å²) in [6, 6.07) is 5.02. The average molecular weight is 374 g/mol. The number of rotatable bonds is 8. The summed E-state index contributed by atoms with van der Waals surface area (Å²) >= 11 is 0. The number of aryl methyl sites for hydroxylation is 1. The Labute approximate surface area is 157 Å². The lowest BCUT2D eigenvalue weighted by Crippen LogP contribution is -2.48. The number of amides is 2. The van der Waals surface area contributed by atoms with E-state index in [4.69, 9.17) is 15.9 Å². The Hall–Kier alpha value is -2.71. The van der Waals surface area contributed by atoms with E-state index in [2.05, 4.69) is 10.6 Å². The Morgan fingerprint density at radius 3 is 2.63 bits per heavy atom. The van der Waals surface area contributed by atoms with Gasteiger partial charge >= 0.3 is 5.63 Å². The van der Waals surface area contributed by atoms with Gasteiger partial charge in [0.2, 0.25) is 11.8 Å². The molecule has 1 heterocycles. The summed E-state index contributed by atoms with van der Waals surface area (Å²) < 4.78 is 5.17. The van der Waals surface area contributed by atoms with Gasteiger partial charge in [-0.3, -0.25) is 9.59 Å². The van der Waals surface area contributed by atoms with E-state index in [0.717, 1.165) is 23.8 Å². The number of fused-ring (bicyclic) bond motifs is 1. The molecule has 1 aromatic heterocycles. The first-order valence-electron chi connectivity index (χ1n) is 8.93. The highest BCUT2D eigenvalue weighted by atomic mass is 16.4. The van der Waals surface area contributed by atoms with E-state index in [1.165, 1.54) is 6.07 Å². The molecule has 0 aliphatic rings. The van der Waals surface area contributed by atoms with E-state index in [-0.39, 0.29) is 5.91 Å². The first kappa shape index (κ1) is 20.6. The molecule has 0 radical (unpaired) electrons. The number of benzene rings is 1. The zero-order valence-electron chi connectivity index (χ0n) is 15.6. The standard InChI is InChI=1S/C19H26N4O4/c1-11-9-17(24)27-16-10-13(6-7-14(11)16)23-18(25)12(2)22-19(26)15(21)5-3-4-8-20/h6-7,9-10,12,15H,3-5,8,20-21H2,1-2H3,(H,22,26)(H,23,25)/t12-,15+/m0/s1. The first-order chi connectivity index (χ1) is 12.8. The number of carbonyl (C=O) groups is 2. The van der Waals surface area contributed by atoms with Crippen LogP contribution in [0.2, 0.25) is 0 Å². The van der Waals surface area contributed by atoms with Crippen molar-refractivity contribution in [3.05, 3.63) is 40.2 Å². The van der Waals surface area contributed by atoms with Crippen molar-refractivity contribution in [2.75, 3.05) is 11.9 Å². The fraction of sp³-hybridized carbons (Fsp3) is 0.421. The second-order valence-electron chi connectivity index (χ2n) is 6.57. The number of nitrogens with one attached hydrogen (secondary N) is 2. The fourth-order valence-corrected chi connectivity index (χ4v) is 2.68. The van der Waals surface area contributed by atoms with Gasteiger partial charge in [-0.2, -0.15) is 0 Å². The zero-order chi connectivity index (χ0) is 20.0. The third-order valence-electron chi connectivity index (χ3n) is 4.28. The smallest absolute Gasteiger partial charge is 0.336 e. The number of hydrogen-bond acceptors (Lipinski definition) is 6. The minimum absolute atomic E-state index is 0.380. The molecule has 2 amide bonds. The molecule has 6 N–H and O–H groups in total. The Kier molecular flexibility index (Phi) is 7.09. The number of anilines is 1. The molecule has 146 valence electrons. The molecule has 2 rings (SSSR count). The highest BCUT2D eigenvalue weighted by molar-refractivity contribution is 5.98. The van der Waals surface area contributed by atoms with Crippen LogP contribution in [0.4, 0.5) is 5.69 Å². The maximum atomic E-state index is 12.3. The van der Waals surface area contributed by atoms with Crippen molar-refractivity contribution in [1.29, 1.82) is 0 Å². The van der Waals surface area contributed by atoms with Crippen LogP contribution in [0.15, 0.2) is 33.5 Å². The van der Waals surface area contributed by atoms with Crippen LogP contribution in [0.1, 0.15) is 31.7 Å².